The van der Waals surface area contributed by atoms with Gasteiger partial charge in [0, 0.05) is 12.1 Å². The van der Waals surface area contributed by atoms with Crippen molar-refractivity contribution in [1.82, 2.24) is 4.90 Å². The first-order valence-electron chi connectivity index (χ1n) is 12.1. The summed E-state index contributed by atoms with van der Waals surface area (Å²) in [6.45, 7) is -0.908. The molecular weight excluding hydrogens is 633 g/mol. The lowest BCUT2D eigenvalue weighted by Crippen LogP contribution is -2.30. The molecule has 4 rings (SSSR count). The summed E-state index contributed by atoms with van der Waals surface area (Å²) >= 11 is 0. The summed E-state index contributed by atoms with van der Waals surface area (Å²) in [5, 5.41) is 0. The molecule has 6 nitrogen and oxygen atoms in total. The molecule has 234 valence electrons. The number of alkyl halides is 9. The van der Waals surface area contributed by atoms with Crippen molar-refractivity contribution in [3.05, 3.63) is 119 Å². The molecule has 0 atom stereocenters. The van der Waals surface area contributed by atoms with Crippen molar-refractivity contribution < 1.29 is 61.3 Å². The molecule has 0 aliphatic heterocycles. The fraction of sp³-hybridized carbons (Fsp3) is 0.179. The number of halogens is 9. The summed E-state index contributed by atoms with van der Waals surface area (Å²) in [5.41, 5.74) is -5.48. The molecule has 0 radical (unpaired) electrons. The number of furan rings is 1. The zero-order valence-electron chi connectivity index (χ0n) is 21.8. The van der Waals surface area contributed by atoms with Crippen LogP contribution in [-0.2, 0) is 41.7 Å². The topological polar surface area (TPSA) is 76.8 Å². The Kier molecular flexibility index (Phi) is 8.77. The van der Waals surface area contributed by atoms with Gasteiger partial charge in [-0.3, -0.25) is 4.79 Å². The van der Waals surface area contributed by atoms with Crippen LogP contribution in [0.1, 0.15) is 38.4 Å². The van der Waals surface area contributed by atoms with Crippen LogP contribution in [0.5, 0.6) is 5.75 Å². The highest BCUT2D eigenvalue weighted by Gasteiger charge is 2.38. The Bertz CT molecular complexity index is 1710. The van der Waals surface area contributed by atoms with Gasteiger partial charge in [-0.15, -0.1) is 0 Å². The van der Waals surface area contributed by atoms with Crippen LogP contribution in [0, 0.1) is 0 Å². The summed E-state index contributed by atoms with van der Waals surface area (Å²) in [6, 6.07) is 10.8. The molecule has 0 aliphatic carbocycles. The van der Waals surface area contributed by atoms with Crippen LogP contribution in [0.4, 0.5) is 39.5 Å². The van der Waals surface area contributed by atoms with Crippen molar-refractivity contribution >= 4 is 16.0 Å². The first kappa shape index (κ1) is 32.4. The summed E-state index contributed by atoms with van der Waals surface area (Å²) in [7, 11) is -4.79. The fourth-order valence-corrected chi connectivity index (χ4v) is 4.94. The Hall–Kier alpha value is -4.47. The van der Waals surface area contributed by atoms with Crippen molar-refractivity contribution in [1.29, 1.82) is 0 Å². The van der Waals surface area contributed by atoms with Gasteiger partial charge >= 0.3 is 28.6 Å². The normalized spacial score (nSPS) is 12.7. The number of hydrogen-bond donors (Lipinski definition) is 0. The van der Waals surface area contributed by atoms with Gasteiger partial charge in [0.1, 0.15) is 16.4 Å². The van der Waals surface area contributed by atoms with Gasteiger partial charge in [-0.25, -0.2) is 0 Å². The molecule has 1 heterocycles. The molecular formula is C28H18F9NO5S. The van der Waals surface area contributed by atoms with Crippen LogP contribution in [0.25, 0.3) is 0 Å². The molecule has 16 heteroatoms. The predicted molar refractivity (Wildman–Crippen MR) is 134 cm³/mol. The van der Waals surface area contributed by atoms with E-state index < -0.39 is 80.5 Å². The van der Waals surface area contributed by atoms with E-state index in [2.05, 4.69) is 0 Å². The molecule has 0 N–H and O–H groups in total. The summed E-state index contributed by atoms with van der Waals surface area (Å²) in [4.78, 5) is 13.4. The van der Waals surface area contributed by atoms with E-state index in [1.54, 1.807) is 0 Å². The van der Waals surface area contributed by atoms with Crippen LogP contribution in [0.2, 0.25) is 0 Å². The Morgan fingerprint density at radius 3 is 1.89 bits per heavy atom. The molecule has 1 amide bonds. The minimum Gasteiger partial charge on any atom is -0.467 e. The number of nitrogens with zero attached hydrogens (tertiary/aromatic N) is 1. The number of benzene rings is 3. The second kappa shape index (κ2) is 11.9. The lowest BCUT2D eigenvalue weighted by molar-refractivity contribution is -0.143. The highest BCUT2D eigenvalue weighted by Crippen LogP contribution is 2.37. The van der Waals surface area contributed by atoms with Crippen molar-refractivity contribution in [2.45, 2.75) is 36.5 Å². The van der Waals surface area contributed by atoms with Gasteiger partial charge in [-0.05, 0) is 66.2 Å². The van der Waals surface area contributed by atoms with Gasteiger partial charge in [-0.1, -0.05) is 18.2 Å². The number of hydrogen-bond acceptors (Lipinski definition) is 5. The van der Waals surface area contributed by atoms with E-state index in [0.29, 0.717) is 12.1 Å². The van der Waals surface area contributed by atoms with Gasteiger partial charge in [-0.2, -0.15) is 47.9 Å². The molecule has 0 bridgehead atoms. The van der Waals surface area contributed by atoms with Crippen molar-refractivity contribution in [3.63, 3.8) is 0 Å². The Morgan fingerprint density at radius 2 is 1.32 bits per heavy atom. The Balaban J connectivity index is 1.67. The van der Waals surface area contributed by atoms with Crippen molar-refractivity contribution in [3.8, 4) is 5.75 Å². The molecule has 0 unspecified atom stereocenters. The fourth-order valence-electron chi connectivity index (χ4n) is 3.97. The molecule has 4 aromatic rings. The lowest BCUT2D eigenvalue weighted by Gasteiger charge is -2.23. The summed E-state index contributed by atoms with van der Waals surface area (Å²) < 4.78 is 155. The van der Waals surface area contributed by atoms with E-state index in [9.17, 15) is 52.7 Å². The van der Waals surface area contributed by atoms with Gasteiger partial charge in [0.2, 0.25) is 0 Å². The van der Waals surface area contributed by atoms with Gasteiger partial charge in [0.25, 0.3) is 5.91 Å². The Morgan fingerprint density at radius 1 is 0.705 bits per heavy atom. The molecule has 0 saturated heterocycles. The average Bonchev–Trinajstić information content (AvgIpc) is 3.44. The SMILES string of the molecule is O=C(c1cc(C(F)(F)F)cc(C(F)(F)F)c1)N(Cc1cccc(OS(=O)(=O)c2cccc(C(F)(F)F)c2)c1)Cc1ccco1. The monoisotopic (exact) mass is 651 g/mol. The number of carbonyl (C=O) groups is 1. The average molecular weight is 652 g/mol. The van der Waals surface area contributed by atoms with Crippen LogP contribution in [0.3, 0.4) is 0 Å². The largest absolute Gasteiger partial charge is 0.467 e. The van der Waals surface area contributed by atoms with Crippen molar-refractivity contribution in [2.24, 2.45) is 0 Å². The van der Waals surface area contributed by atoms with E-state index in [4.69, 9.17) is 8.60 Å². The van der Waals surface area contributed by atoms with E-state index in [1.807, 2.05) is 0 Å². The third-order valence-electron chi connectivity index (χ3n) is 5.98. The molecule has 44 heavy (non-hydrogen) atoms. The third kappa shape index (κ3) is 7.92. The van der Waals surface area contributed by atoms with Gasteiger partial charge in [0.15, 0.2) is 0 Å². The maximum atomic E-state index is 13.4. The molecule has 1 aromatic heterocycles. The molecule has 3 aromatic carbocycles. The highest BCUT2D eigenvalue weighted by molar-refractivity contribution is 7.87. The molecule has 0 saturated carbocycles. The predicted octanol–water partition coefficient (Wildman–Crippen LogP) is 7.95. The minimum absolute atomic E-state index is 0.102. The van der Waals surface area contributed by atoms with E-state index in [0.717, 1.165) is 29.2 Å². The number of rotatable bonds is 8. The second-order valence-corrected chi connectivity index (χ2v) is 10.8. The zero-order chi connectivity index (χ0) is 32.5. The van der Waals surface area contributed by atoms with Crippen molar-refractivity contribution in [2.75, 3.05) is 0 Å². The quantitative estimate of drug-likeness (QED) is 0.143. The first-order valence-corrected chi connectivity index (χ1v) is 13.6. The lowest BCUT2D eigenvalue weighted by atomic mass is 10.0. The number of carbonyl (C=O) groups excluding carboxylic acids is 1. The third-order valence-corrected chi connectivity index (χ3v) is 7.22. The van der Waals surface area contributed by atoms with Crippen LogP contribution >= 0.6 is 0 Å². The van der Waals surface area contributed by atoms with Gasteiger partial charge < -0.3 is 13.5 Å². The van der Waals surface area contributed by atoms with E-state index in [-0.39, 0.29) is 29.5 Å². The first-order chi connectivity index (χ1) is 20.3. The smallest absolute Gasteiger partial charge is 0.416 e. The molecule has 0 fully saturated rings. The van der Waals surface area contributed by atoms with Crippen LogP contribution < -0.4 is 4.18 Å². The maximum absolute atomic E-state index is 13.4. The Labute approximate surface area is 243 Å². The van der Waals surface area contributed by atoms with Crippen LogP contribution in [-0.4, -0.2) is 19.2 Å². The van der Waals surface area contributed by atoms with E-state index >= 15 is 0 Å². The van der Waals surface area contributed by atoms with Crippen LogP contribution in [0.15, 0.2) is 94.4 Å². The number of amides is 1. The summed E-state index contributed by atoms with van der Waals surface area (Å²) in [5.74, 6) is -1.54. The van der Waals surface area contributed by atoms with Gasteiger partial charge in [0.05, 0.1) is 29.5 Å². The highest BCUT2D eigenvalue weighted by atomic mass is 32.2. The minimum atomic E-state index is -5.21. The van der Waals surface area contributed by atoms with E-state index in [1.165, 1.54) is 30.5 Å². The zero-order valence-corrected chi connectivity index (χ0v) is 22.6. The molecule has 0 aliphatic rings. The maximum Gasteiger partial charge on any atom is 0.416 e. The standard InChI is InChI=1S/C28H18F9NO5S/c29-26(30,31)19-5-2-8-24(14-19)44(40,41)43-22-6-1-4-17(10-22)15-38(16-23-7-3-9-42-23)25(39)18-11-20(27(32,33)34)13-21(12-18)28(35,36)37/h1-14H,15-16H2. The summed E-state index contributed by atoms with van der Waals surface area (Å²) in [6.07, 6.45) is -14.0. The second-order valence-electron chi connectivity index (χ2n) is 9.25. The molecule has 0 spiro atoms.